The number of benzene rings is 3. The molecule has 66 heavy (non-hydrogen) atoms. The van der Waals surface area contributed by atoms with Crippen LogP contribution in [0, 0.1) is 6.92 Å². The molecule has 2 heteroatoms. The zero-order chi connectivity index (χ0) is 48.8. The molecule has 0 spiro atoms. The first kappa shape index (κ1) is 57.8. The average molecular weight is 909 g/mol. The van der Waals surface area contributed by atoms with Gasteiger partial charge in [-0.15, -0.1) is 17.9 Å². The van der Waals surface area contributed by atoms with E-state index < -0.39 is 0 Å². The molecule has 0 bridgehead atoms. The third kappa shape index (κ3) is 26.6. The molecular formula is C64H76S2. The van der Waals surface area contributed by atoms with E-state index in [0.717, 1.165) is 27.4 Å². The predicted octanol–water partition coefficient (Wildman–Crippen LogP) is 20.7. The van der Waals surface area contributed by atoms with E-state index >= 15 is 0 Å². The van der Waals surface area contributed by atoms with Crippen molar-refractivity contribution in [2.75, 3.05) is 0 Å². The van der Waals surface area contributed by atoms with Crippen LogP contribution in [0.1, 0.15) is 95.4 Å². The lowest BCUT2D eigenvalue weighted by Crippen LogP contribution is -1.90. The second-order valence-electron chi connectivity index (χ2n) is 15.1. The molecule has 0 radical (unpaired) electrons. The van der Waals surface area contributed by atoms with Crippen LogP contribution in [-0.4, -0.2) is 0 Å². The van der Waals surface area contributed by atoms with E-state index in [1.54, 1.807) is 11.8 Å². The number of rotatable bonds is 16. The van der Waals surface area contributed by atoms with Gasteiger partial charge in [0.05, 0.1) is 0 Å². The Labute approximate surface area is 410 Å². The minimum atomic E-state index is 0.872. The quantitative estimate of drug-likeness (QED) is 0.0797. The summed E-state index contributed by atoms with van der Waals surface area (Å²) in [5.74, 6) is 0. The van der Waals surface area contributed by atoms with Crippen LogP contribution in [0.25, 0.3) is 28.9 Å². The minimum absolute atomic E-state index is 0.872. The van der Waals surface area contributed by atoms with Crippen molar-refractivity contribution in [1.82, 2.24) is 0 Å². The summed E-state index contributed by atoms with van der Waals surface area (Å²) in [7, 11) is 0. The lowest BCUT2D eigenvalue weighted by atomic mass is 9.98. The normalized spacial score (nSPS) is 11.9. The Kier molecular flexibility index (Phi) is 32.5. The third-order valence-corrected chi connectivity index (χ3v) is 10.8. The molecule has 0 saturated carbocycles. The van der Waals surface area contributed by atoms with Crippen molar-refractivity contribution in [3.8, 4) is 11.1 Å². The molecule has 3 aromatic carbocycles. The Morgan fingerprint density at radius 1 is 0.697 bits per heavy atom. The van der Waals surface area contributed by atoms with Crippen molar-refractivity contribution in [3.63, 3.8) is 0 Å². The van der Waals surface area contributed by atoms with E-state index in [1.165, 1.54) is 62.2 Å². The summed E-state index contributed by atoms with van der Waals surface area (Å²) in [5, 5.41) is 2.26. The molecule has 344 valence electrons. The fourth-order valence-corrected chi connectivity index (χ4v) is 7.53. The highest BCUT2D eigenvalue weighted by Gasteiger charge is 2.10. The van der Waals surface area contributed by atoms with Crippen molar-refractivity contribution in [3.05, 3.63) is 280 Å². The predicted molar refractivity (Wildman–Crippen MR) is 308 cm³/mol. The molecule has 0 fully saturated rings. The van der Waals surface area contributed by atoms with Gasteiger partial charge >= 0.3 is 0 Å². The van der Waals surface area contributed by atoms with E-state index in [1.807, 2.05) is 141 Å². The molecule has 0 atom stereocenters. The highest BCUT2D eigenvalue weighted by molar-refractivity contribution is 8.07. The molecule has 4 aromatic rings. The van der Waals surface area contributed by atoms with Gasteiger partial charge in [0.2, 0.25) is 0 Å². The van der Waals surface area contributed by atoms with Gasteiger partial charge in [-0.25, -0.2) is 0 Å². The second-order valence-corrected chi connectivity index (χ2v) is 17.3. The Morgan fingerprint density at radius 2 is 1.32 bits per heavy atom. The molecule has 5 rings (SSSR count). The number of fused-ring (bicyclic) bond motifs is 1. The van der Waals surface area contributed by atoms with Gasteiger partial charge in [0, 0.05) is 14.7 Å². The number of allylic oxidation sites excluding steroid dienone is 22. The number of thioether (sulfide) groups is 1. The molecule has 0 N–H and O–H groups in total. The zero-order valence-electron chi connectivity index (χ0n) is 41.5. The first-order valence-corrected chi connectivity index (χ1v) is 24.6. The molecular weight excluding hydrogens is 833 g/mol. The second kappa shape index (κ2) is 37.1. The monoisotopic (exact) mass is 909 g/mol. The van der Waals surface area contributed by atoms with E-state index in [-0.39, 0.29) is 0 Å². The van der Waals surface area contributed by atoms with Gasteiger partial charge in [-0.3, -0.25) is 0 Å². The highest BCUT2D eigenvalue weighted by atomic mass is 32.2. The molecule has 1 aliphatic carbocycles. The third-order valence-electron chi connectivity index (χ3n) is 8.97. The summed E-state index contributed by atoms with van der Waals surface area (Å²) >= 11 is 3.45. The fraction of sp³-hybridized carbons (Fsp3) is 0.188. The van der Waals surface area contributed by atoms with Crippen LogP contribution in [-0.2, 0) is 6.42 Å². The van der Waals surface area contributed by atoms with E-state index in [9.17, 15) is 0 Å². The maximum Gasteiger partial charge on any atom is 0.0305 e. The van der Waals surface area contributed by atoms with Crippen LogP contribution in [0.2, 0.25) is 0 Å². The summed E-state index contributed by atoms with van der Waals surface area (Å²) in [6.07, 6.45) is 44.4. The zero-order valence-corrected chi connectivity index (χ0v) is 43.1. The summed E-state index contributed by atoms with van der Waals surface area (Å²) < 4.78 is 0. The van der Waals surface area contributed by atoms with E-state index in [2.05, 4.69) is 170 Å². The van der Waals surface area contributed by atoms with Gasteiger partial charge < -0.3 is 0 Å². The Morgan fingerprint density at radius 3 is 1.94 bits per heavy atom. The summed E-state index contributed by atoms with van der Waals surface area (Å²) in [6, 6.07) is 29.2. The minimum Gasteiger partial charge on any atom is -0.144 e. The van der Waals surface area contributed by atoms with Crippen molar-refractivity contribution < 1.29 is 0 Å². The van der Waals surface area contributed by atoms with Crippen molar-refractivity contribution in [2.45, 2.75) is 81.6 Å². The largest absolute Gasteiger partial charge is 0.144 e. The molecule has 1 heterocycles. The number of hydrogen-bond donors (Lipinski definition) is 0. The Balaban J connectivity index is 0.000000484. The molecule has 0 saturated heterocycles. The molecule has 1 aliphatic rings. The van der Waals surface area contributed by atoms with Crippen LogP contribution in [0.4, 0.5) is 0 Å². The number of thiophene rings is 1. The van der Waals surface area contributed by atoms with Gasteiger partial charge in [-0.2, -0.15) is 0 Å². The van der Waals surface area contributed by atoms with Crippen molar-refractivity contribution in [2.24, 2.45) is 0 Å². The Bertz CT molecular complexity index is 2350. The highest BCUT2D eigenvalue weighted by Crippen LogP contribution is 2.36. The van der Waals surface area contributed by atoms with Crippen molar-refractivity contribution in [1.29, 1.82) is 0 Å². The standard InChI is InChI=1S/C27H28S.C15H20.C14H16S.C6H6.C2H6/c1-6-8-9-10-11-13-22(4)28-23(5)27(7-2)26-15-12-14-25(20-26)24-18-16-21(3)17-19-24;1-5-6-7-8-9-12-15(4)13-10-11-14(2)3;1-11(2)6-5-7-12-10-15-14-9-4-3-8-13(12)14;1-2-4-6-5-3-1;1-2/h6-7,9-20H,1,4-5,8H2,2-3H3;5-13H,4H2,1-3H3;4-7,9-10H,3,8H2,1-2H3;1-6H;1-2H3/b10-9-,13-11-,27-7+;6-5-,8-7-,12-9+,13-10-;7-5-;;. The molecule has 0 nitrogen and oxygen atoms in total. The van der Waals surface area contributed by atoms with E-state index in [0.29, 0.717) is 0 Å². The van der Waals surface area contributed by atoms with Crippen molar-refractivity contribution >= 4 is 40.8 Å². The lowest BCUT2D eigenvalue weighted by Gasteiger charge is -2.12. The molecule has 0 aliphatic heterocycles. The summed E-state index contributed by atoms with van der Waals surface area (Å²) in [5.41, 5.74) is 12.6. The summed E-state index contributed by atoms with van der Waals surface area (Å²) in [4.78, 5) is 3.40. The van der Waals surface area contributed by atoms with Crippen LogP contribution in [0.5, 0.6) is 0 Å². The van der Waals surface area contributed by atoms with Crippen LogP contribution >= 0.6 is 23.1 Å². The van der Waals surface area contributed by atoms with Crippen LogP contribution in [0.3, 0.4) is 0 Å². The molecule has 1 aromatic heterocycles. The van der Waals surface area contributed by atoms with Gasteiger partial charge in [0.25, 0.3) is 0 Å². The maximum atomic E-state index is 4.28. The van der Waals surface area contributed by atoms with Gasteiger partial charge in [0.15, 0.2) is 0 Å². The molecule has 0 amide bonds. The van der Waals surface area contributed by atoms with Gasteiger partial charge in [0.1, 0.15) is 0 Å². The van der Waals surface area contributed by atoms with Crippen LogP contribution in [0.15, 0.2) is 253 Å². The van der Waals surface area contributed by atoms with Gasteiger partial charge in [-0.1, -0.05) is 250 Å². The maximum absolute atomic E-state index is 4.28. The number of hydrogen-bond acceptors (Lipinski definition) is 2. The van der Waals surface area contributed by atoms with Gasteiger partial charge in [-0.05, 0) is 130 Å². The summed E-state index contributed by atoms with van der Waals surface area (Å²) in [6.45, 7) is 34.6. The first-order valence-electron chi connectivity index (χ1n) is 22.9. The fourth-order valence-electron chi connectivity index (χ4n) is 5.71. The van der Waals surface area contributed by atoms with Crippen LogP contribution < -0.4 is 0 Å². The lowest BCUT2D eigenvalue weighted by molar-refractivity contribution is 0.993. The average Bonchev–Trinajstić information content (AvgIpc) is 3.74. The molecule has 0 unspecified atom stereocenters. The SMILES string of the molecule is C=C(/C=C\C=C(C)C)/C=C/C=C\C=C/C.C=CC/C=C\C=C/C(=C)SC(=C)/C(=C\C)c1cccc(-c2ccc(C)cc2)c1.CC.CC(C)=C/C=C\c1csc2c1CCC=C2.c1ccccc1. The first-order chi connectivity index (χ1) is 32.0. The Hall–Kier alpha value is -6.19. The topological polar surface area (TPSA) is 0 Å². The number of aryl methyl sites for hydroxylation is 1. The smallest absolute Gasteiger partial charge is 0.0305 e. The van der Waals surface area contributed by atoms with E-state index in [4.69, 9.17) is 0 Å².